The Morgan fingerprint density at radius 2 is 2.03 bits per heavy atom. The van der Waals surface area contributed by atoms with Crippen molar-refractivity contribution < 1.29 is 23.8 Å². The summed E-state index contributed by atoms with van der Waals surface area (Å²) in [6, 6.07) is 5.47. The molecule has 170 valence electrons. The third kappa shape index (κ3) is 5.18. The van der Waals surface area contributed by atoms with Gasteiger partial charge in [-0.3, -0.25) is 4.57 Å². The third-order valence-electron chi connectivity index (χ3n) is 5.11. The molecule has 0 spiro atoms. The van der Waals surface area contributed by atoms with E-state index >= 15 is 0 Å². The highest BCUT2D eigenvalue weighted by Crippen LogP contribution is 2.46. The van der Waals surface area contributed by atoms with Crippen LogP contribution in [-0.4, -0.2) is 50.0 Å². The molecule has 9 nitrogen and oxygen atoms in total. The molecule has 0 aliphatic rings. The summed E-state index contributed by atoms with van der Waals surface area (Å²) in [7, 11) is -3.62. The molecule has 1 aromatic carbocycles. The van der Waals surface area contributed by atoms with Crippen LogP contribution in [0.3, 0.4) is 0 Å². The fourth-order valence-electron chi connectivity index (χ4n) is 3.37. The molecule has 0 fully saturated rings. The first kappa shape index (κ1) is 23.5. The largest absolute Gasteiger partial charge is 0.491 e. The van der Waals surface area contributed by atoms with Gasteiger partial charge in [-0.15, -0.1) is 0 Å². The zero-order chi connectivity index (χ0) is 22.6. The predicted octanol–water partition coefficient (Wildman–Crippen LogP) is 3.49. The number of aromatic nitrogens is 3. The minimum atomic E-state index is -3.62. The fraction of sp³-hybridized carbons (Fsp3) is 0.524. The number of nitrogens with two attached hydrogens (primary N) is 1. The Hall–Kier alpha value is -2.19. The first-order valence-electron chi connectivity index (χ1n) is 10.6. The number of anilines is 1. The van der Waals surface area contributed by atoms with Crippen LogP contribution < -0.4 is 10.5 Å². The Morgan fingerprint density at radius 3 is 2.71 bits per heavy atom. The number of hydrogen-bond acceptors (Lipinski definition) is 7. The van der Waals surface area contributed by atoms with Crippen molar-refractivity contribution >= 4 is 35.3 Å². The first-order chi connectivity index (χ1) is 14.8. The van der Waals surface area contributed by atoms with Gasteiger partial charge in [0.15, 0.2) is 5.82 Å². The number of nitrogen functional groups attached to an aromatic ring is 1. The molecule has 4 N–H and O–H groups in total. The van der Waals surface area contributed by atoms with E-state index in [9.17, 15) is 14.6 Å². The summed E-state index contributed by atoms with van der Waals surface area (Å²) in [4.78, 5) is 18.9. The summed E-state index contributed by atoms with van der Waals surface area (Å²) in [5.41, 5.74) is 7.89. The average Bonchev–Trinajstić information content (AvgIpc) is 3.09. The van der Waals surface area contributed by atoms with Crippen molar-refractivity contribution in [1.29, 1.82) is 0 Å². The van der Waals surface area contributed by atoms with Gasteiger partial charge in [-0.25, -0.2) is 9.97 Å². The number of unbranched alkanes of at least 4 members (excludes halogenated alkanes) is 1. The summed E-state index contributed by atoms with van der Waals surface area (Å²) in [6.07, 6.45) is 2.85. The van der Waals surface area contributed by atoms with E-state index in [1.165, 1.54) is 0 Å². The van der Waals surface area contributed by atoms with Gasteiger partial charge < -0.3 is 29.6 Å². The Bertz CT molecular complexity index is 1100. The molecule has 3 rings (SSSR count). The van der Waals surface area contributed by atoms with Crippen molar-refractivity contribution in [3.05, 3.63) is 24.0 Å². The number of aliphatic hydroxyl groups is 1. The number of rotatable bonds is 11. The van der Waals surface area contributed by atoms with Gasteiger partial charge in [0.2, 0.25) is 0 Å². The lowest BCUT2D eigenvalue weighted by molar-refractivity contribution is 0.193. The van der Waals surface area contributed by atoms with Crippen LogP contribution >= 0.6 is 7.60 Å². The average molecular weight is 450 g/mol. The highest BCUT2D eigenvalue weighted by molar-refractivity contribution is 7.53. The molecular weight excluding hydrogens is 419 g/mol. The molecule has 0 bridgehead atoms. The summed E-state index contributed by atoms with van der Waals surface area (Å²) >= 11 is 0. The van der Waals surface area contributed by atoms with Gasteiger partial charge in [0.25, 0.3) is 0 Å². The van der Waals surface area contributed by atoms with Gasteiger partial charge in [0.1, 0.15) is 23.7 Å². The van der Waals surface area contributed by atoms with Crippen LogP contribution in [0.2, 0.25) is 0 Å². The lowest BCUT2D eigenvalue weighted by Gasteiger charge is -2.15. The second-order valence-electron chi connectivity index (χ2n) is 7.72. The maximum atomic E-state index is 11.8. The summed E-state index contributed by atoms with van der Waals surface area (Å²) in [5.74, 6) is 1.78. The number of ether oxygens (including phenoxy) is 1. The Balaban J connectivity index is 1.88. The number of aryl methyl sites for hydroxylation is 1. The van der Waals surface area contributed by atoms with Crippen molar-refractivity contribution in [2.45, 2.75) is 52.2 Å². The number of nitrogens with zero attached hydrogens (tertiary/aromatic N) is 3. The Kier molecular flexibility index (Phi) is 7.54. The number of pyridine rings is 1. The van der Waals surface area contributed by atoms with E-state index in [4.69, 9.17) is 20.0 Å². The molecule has 0 saturated carbocycles. The summed E-state index contributed by atoms with van der Waals surface area (Å²) in [6.45, 7) is 5.96. The molecule has 10 heteroatoms. The van der Waals surface area contributed by atoms with Gasteiger partial charge >= 0.3 is 7.60 Å². The van der Waals surface area contributed by atoms with E-state index in [-0.39, 0.29) is 19.8 Å². The number of benzene rings is 1. The van der Waals surface area contributed by atoms with Crippen LogP contribution in [-0.2, 0) is 22.1 Å². The van der Waals surface area contributed by atoms with E-state index in [1.807, 2.05) is 16.7 Å². The van der Waals surface area contributed by atoms with Crippen LogP contribution in [0.4, 0.5) is 5.82 Å². The lowest BCUT2D eigenvalue weighted by Crippen LogP contribution is -2.09. The van der Waals surface area contributed by atoms with E-state index in [2.05, 4.69) is 11.9 Å². The maximum Gasteiger partial charge on any atom is 0.330 e. The Labute approximate surface area is 181 Å². The predicted molar refractivity (Wildman–Crippen MR) is 122 cm³/mol. The monoisotopic (exact) mass is 450 g/mol. The van der Waals surface area contributed by atoms with Crippen LogP contribution in [0.15, 0.2) is 18.2 Å². The van der Waals surface area contributed by atoms with Crippen LogP contribution in [0.5, 0.6) is 5.75 Å². The molecule has 31 heavy (non-hydrogen) atoms. The standard InChI is InChI=1S/C21H31N4O5P/c1-4-5-6-18-24-19-20(25(18)9-10-26)16-8-7-15(13-17(16)23-21(19)22)29-11-12-30-31(27,28)14(2)3/h7-8,13-14,26H,4-6,9-12H2,1-3H3,(H2,22,23)(H,27,28). The lowest BCUT2D eigenvalue weighted by atomic mass is 10.1. The van der Waals surface area contributed by atoms with Gasteiger partial charge in [-0.1, -0.05) is 27.2 Å². The SMILES string of the molecule is CCCCc1nc2c(N)nc3cc(OCCOP(=O)(O)C(C)C)ccc3c2n1CCO. The third-order valence-corrected chi connectivity index (χ3v) is 6.97. The van der Waals surface area contributed by atoms with E-state index in [0.717, 1.165) is 36.0 Å². The molecule has 1 atom stereocenters. The highest BCUT2D eigenvalue weighted by Gasteiger charge is 2.24. The maximum absolute atomic E-state index is 11.8. The van der Waals surface area contributed by atoms with E-state index in [0.29, 0.717) is 29.1 Å². The van der Waals surface area contributed by atoms with Crippen molar-refractivity contribution in [2.24, 2.45) is 0 Å². The molecule has 1 unspecified atom stereocenters. The first-order valence-corrected chi connectivity index (χ1v) is 12.2. The zero-order valence-corrected chi connectivity index (χ0v) is 19.1. The summed E-state index contributed by atoms with van der Waals surface area (Å²) in [5, 5.41) is 10.5. The molecule has 0 radical (unpaired) electrons. The minimum Gasteiger partial charge on any atom is -0.491 e. The fourth-order valence-corrected chi connectivity index (χ4v) is 4.01. The van der Waals surface area contributed by atoms with E-state index in [1.54, 1.807) is 19.9 Å². The smallest absolute Gasteiger partial charge is 0.330 e. The zero-order valence-electron chi connectivity index (χ0n) is 18.2. The summed E-state index contributed by atoms with van der Waals surface area (Å²) < 4.78 is 24.6. The molecule has 3 aromatic rings. The number of aliphatic hydroxyl groups excluding tert-OH is 1. The van der Waals surface area contributed by atoms with E-state index < -0.39 is 13.3 Å². The molecule has 0 aliphatic heterocycles. The van der Waals surface area contributed by atoms with Crippen LogP contribution in [0, 0.1) is 0 Å². The van der Waals surface area contributed by atoms with Gasteiger partial charge in [0.05, 0.1) is 29.9 Å². The Morgan fingerprint density at radius 1 is 1.26 bits per heavy atom. The van der Waals surface area contributed by atoms with Crippen molar-refractivity contribution in [3.8, 4) is 5.75 Å². The highest BCUT2D eigenvalue weighted by atomic mass is 31.2. The van der Waals surface area contributed by atoms with Crippen molar-refractivity contribution in [1.82, 2.24) is 14.5 Å². The van der Waals surface area contributed by atoms with Crippen LogP contribution in [0.1, 0.15) is 39.4 Å². The van der Waals surface area contributed by atoms with Gasteiger partial charge in [0, 0.05) is 24.4 Å². The number of imidazole rings is 1. The normalized spacial score (nSPS) is 13.9. The molecule has 0 amide bonds. The molecular formula is C21H31N4O5P. The van der Waals surface area contributed by atoms with Crippen LogP contribution in [0.25, 0.3) is 21.9 Å². The minimum absolute atomic E-state index is 0.000587. The number of fused-ring (bicyclic) bond motifs is 3. The van der Waals surface area contributed by atoms with Gasteiger partial charge in [-0.2, -0.15) is 0 Å². The number of hydrogen-bond donors (Lipinski definition) is 3. The quantitative estimate of drug-likeness (QED) is 0.299. The molecule has 2 aromatic heterocycles. The van der Waals surface area contributed by atoms with Gasteiger partial charge in [-0.05, 0) is 18.6 Å². The molecule has 0 aliphatic carbocycles. The van der Waals surface area contributed by atoms with Crippen molar-refractivity contribution in [2.75, 3.05) is 25.6 Å². The molecule has 2 heterocycles. The second kappa shape index (κ2) is 9.96. The molecule has 0 saturated heterocycles. The topological polar surface area (TPSA) is 133 Å². The van der Waals surface area contributed by atoms with Crippen molar-refractivity contribution in [3.63, 3.8) is 0 Å². The second-order valence-corrected chi connectivity index (χ2v) is 10.1.